The highest BCUT2D eigenvalue weighted by Crippen LogP contribution is 2.27. The normalized spacial score (nSPS) is 53.4. The van der Waals surface area contributed by atoms with Crippen LogP contribution in [-0.4, -0.2) is 24.3 Å². The van der Waals surface area contributed by atoms with Crippen LogP contribution in [0.4, 0.5) is 4.39 Å². The lowest BCUT2D eigenvalue weighted by Crippen LogP contribution is -2.53. The molecule has 0 spiro atoms. The third kappa shape index (κ3) is 0.847. The zero-order valence-electron chi connectivity index (χ0n) is 5.89. The molecule has 2 aliphatic heterocycles. The summed E-state index contributed by atoms with van der Waals surface area (Å²) in [6.45, 7) is 0. The average molecular weight is 144 g/mol. The van der Waals surface area contributed by atoms with E-state index < -0.39 is 6.17 Å². The first-order chi connectivity index (χ1) is 4.77. The molecule has 2 rings (SSSR count). The molecular weight excluding hydrogens is 131 g/mol. The molecular formula is C7H13FN2. The SMILES string of the molecule is N[C@H]1C[C@H]2CC[C@H](N2)[C@@H]1F. The minimum atomic E-state index is -0.807. The third-order valence-electron chi connectivity index (χ3n) is 2.63. The van der Waals surface area contributed by atoms with Crippen molar-refractivity contribution in [2.24, 2.45) is 5.73 Å². The van der Waals surface area contributed by atoms with Crippen LogP contribution in [0.25, 0.3) is 0 Å². The van der Waals surface area contributed by atoms with Gasteiger partial charge in [0.1, 0.15) is 6.17 Å². The fourth-order valence-corrected chi connectivity index (χ4v) is 2.04. The molecule has 0 amide bonds. The van der Waals surface area contributed by atoms with E-state index in [1.807, 2.05) is 0 Å². The van der Waals surface area contributed by atoms with Crippen molar-refractivity contribution in [3.63, 3.8) is 0 Å². The van der Waals surface area contributed by atoms with Crippen LogP contribution in [0.1, 0.15) is 19.3 Å². The molecule has 58 valence electrons. The lowest BCUT2D eigenvalue weighted by atomic mass is 9.99. The van der Waals surface area contributed by atoms with Crippen LogP contribution < -0.4 is 11.1 Å². The van der Waals surface area contributed by atoms with Crippen molar-refractivity contribution < 1.29 is 4.39 Å². The summed E-state index contributed by atoms with van der Waals surface area (Å²) < 4.78 is 13.1. The summed E-state index contributed by atoms with van der Waals surface area (Å²) in [4.78, 5) is 0. The highest BCUT2D eigenvalue weighted by Gasteiger charge is 2.39. The van der Waals surface area contributed by atoms with Gasteiger partial charge in [-0.05, 0) is 19.3 Å². The summed E-state index contributed by atoms with van der Waals surface area (Å²) in [6, 6.07) is 0.361. The Balaban J connectivity index is 2.09. The Kier molecular flexibility index (Phi) is 1.42. The first-order valence-electron chi connectivity index (χ1n) is 3.93. The molecule has 2 heterocycles. The number of fused-ring (bicyclic) bond motifs is 2. The fraction of sp³-hybridized carbons (Fsp3) is 1.00. The molecule has 2 fully saturated rings. The number of alkyl halides is 1. The number of nitrogens with one attached hydrogen (secondary N) is 1. The summed E-state index contributed by atoms with van der Waals surface area (Å²) in [6.07, 6.45) is 2.09. The van der Waals surface area contributed by atoms with E-state index in [0.717, 1.165) is 19.3 Å². The Bertz CT molecular complexity index is 140. The van der Waals surface area contributed by atoms with Gasteiger partial charge < -0.3 is 11.1 Å². The number of rotatable bonds is 0. The van der Waals surface area contributed by atoms with E-state index in [-0.39, 0.29) is 12.1 Å². The van der Waals surface area contributed by atoms with Crippen molar-refractivity contribution in [2.45, 2.75) is 43.6 Å². The van der Waals surface area contributed by atoms with E-state index in [2.05, 4.69) is 5.32 Å². The first-order valence-corrected chi connectivity index (χ1v) is 3.93. The summed E-state index contributed by atoms with van der Waals surface area (Å²) in [7, 11) is 0. The van der Waals surface area contributed by atoms with E-state index in [4.69, 9.17) is 5.73 Å². The van der Waals surface area contributed by atoms with Crippen LogP contribution in [0.5, 0.6) is 0 Å². The van der Waals surface area contributed by atoms with Gasteiger partial charge in [-0.1, -0.05) is 0 Å². The molecule has 0 aromatic rings. The molecule has 2 saturated heterocycles. The van der Waals surface area contributed by atoms with Crippen LogP contribution in [0.3, 0.4) is 0 Å². The van der Waals surface area contributed by atoms with Gasteiger partial charge in [0.2, 0.25) is 0 Å². The van der Waals surface area contributed by atoms with Crippen molar-refractivity contribution in [1.29, 1.82) is 0 Å². The molecule has 0 aliphatic carbocycles. The molecule has 3 N–H and O–H groups in total. The van der Waals surface area contributed by atoms with Crippen molar-refractivity contribution in [1.82, 2.24) is 5.32 Å². The van der Waals surface area contributed by atoms with Gasteiger partial charge in [0.05, 0.1) is 0 Å². The van der Waals surface area contributed by atoms with Crippen molar-refractivity contribution in [3.05, 3.63) is 0 Å². The highest BCUT2D eigenvalue weighted by molar-refractivity contribution is 4.99. The van der Waals surface area contributed by atoms with E-state index in [1.54, 1.807) is 0 Å². The lowest BCUT2D eigenvalue weighted by Gasteiger charge is -2.29. The number of halogens is 1. The predicted octanol–water partition coefficient (Wildman–Crippen LogP) is 0.176. The maximum absolute atomic E-state index is 13.1. The lowest BCUT2D eigenvalue weighted by molar-refractivity contribution is 0.180. The first kappa shape index (κ1) is 6.55. The summed E-state index contributed by atoms with van der Waals surface area (Å²) in [5, 5.41) is 3.22. The number of hydrogen-bond donors (Lipinski definition) is 2. The van der Waals surface area contributed by atoms with Gasteiger partial charge in [-0.25, -0.2) is 4.39 Å². The molecule has 2 aliphatic rings. The molecule has 2 nitrogen and oxygen atoms in total. The smallest absolute Gasteiger partial charge is 0.130 e. The van der Waals surface area contributed by atoms with E-state index in [1.165, 1.54) is 0 Å². The van der Waals surface area contributed by atoms with Crippen LogP contribution in [-0.2, 0) is 0 Å². The van der Waals surface area contributed by atoms with Gasteiger partial charge in [0, 0.05) is 18.1 Å². The summed E-state index contributed by atoms with van der Waals surface area (Å²) in [5.41, 5.74) is 5.58. The molecule has 0 unspecified atom stereocenters. The number of hydrogen-bond acceptors (Lipinski definition) is 2. The zero-order valence-corrected chi connectivity index (χ0v) is 5.89. The Morgan fingerprint density at radius 2 is 2.20 bits per heavy atom. The monoisotopic (exact) mass is 144 g/mol. The van der Waals surface area contributed by atoms with Gasteiger partial charge in [-0.2, -0.15) is 0 Å². The Morgan fingerprint density at radius 1 is 1.40 bits per heavy atom. The van der Waals surface area contributed by atoms with Gasteiger partial charge >= 0.3 is 0 Å². The second-order valence-electron chi connectivity index (χ2n) is 3.39. The van der Waals surface area contributed by atoms with Crippen molar-refractivity contribution >= 4 is 0 Å². The second-order valence-corrected chi connectivity index (χ2v) is 3.39. The minimum absolute atomic E-state index is 0.0637. The van der Waals surface area contributed by atoms with Crippen LogP contribution in [0, 0.1) is 0 Å². The summed E-state index contributed by atoms with van der Waals surface area (Å²) >= 11 is 0. The Morgan fingerprint density at radius 3 is 3.00 bits per heavy atom. The van der Waals surface area contributed by atoms with E-state index in [9.17, 15) is 4.39 Å². The van der Waals surface area contributed by atoms with E-state index >= 15 is 0 Å². The van der Waals surface area contributed by atoms with Gasteiger partial charge in [-0.15, -0.1) is 0 Å². The van der Waals surface area contributed by atoms with Crippen molar-refractivity contribution in [3.8, 4) is 0 Å². The van der Waals surface area contributed by atoms with Gasteiger partial charge in [-0.3, -0.25) is 0 Å². The molecule has 3 heteroatoms. The quantitative estimate of drug-likeness (QED) is 0.509. The Hall–Kier alpha value is -0.150. The second kappa shape index (κ2) is 2.17. The third-order valence-corrected chi connectivity index (χ3v) is 2.63. The standard InChI is InChI=1S/C7H13FN2/c8-7-5(9)3-4-1-2-6(7)10-4/h4-7,10H,1-3,9H2/t4-,5+,6+,7-/m1/s1. The van der Waals surface area contributed by atoms with Crippen LogP contribution >= 0.6 is 0 Å². The fourth-order valence-electron chi connectivity index (χ4n) is 2.04. The molecule has 0 aromatic carbocycles. The maximum Gasteiger partial charge on any atom is 0.130 e. The highest BCUT2D eigenvalue weighted by atomic mass is 19.1. The van der Waals surface area contributed by atoms with E-state index in [0.29, 0.717) is 6.04 Å². The van der Waals surface area contributed by atoms with Crippen LogP contribution in [0.15, 0.2) is 0 Å². The van der Waals surface area contributed by atoms with Crippen LogP contribution in [0.2, 0.25) is 0 Å². The molecule has 2 bridgehead atoms. The minimum Gasteiger partial charge on any atom is -0.325 e. The summed E-state index contributed by atoms with van der Waals surface area (Å²) in [5.74, 6) is 0. The topological polar surface area (TPSA) is 38.0 Å². The molecule has 0 aromatic heterocycles. The predicted molar refractivity (Wildman–Crippen MR) is 37.4 cm³/mol. The molecule has 4 atom stereocenters. The molecule has 10 heavy (non-hydrogen) atoms. The van der Waals surface area contributed by atoms with Gasteiger partial charge in [0.15, 0.2) is 0 Å². The molecule has 0 saturated carbocycles. The Labute approximate surface area is 60.0 Å². The zero-order chi connectivity index (χ0) is 7.14. The number of nitrogens with two attached hydrogens (primary N) is 1. The average Bonchev–Trinajstić information content (AvgIpc) is 2.29. The molecule has 0 radical (unpaired) electrons. The maximum atomic E-state index is 13.1. The number of piperidine rings is 1. The van der Waals surface area contributed by atoms with Gasteiger partial charge in [0.25, 0.3) is 0 Å². The van der Waals surface area contributed by atoms with Crippen molar-refractivity contribution in [2.75, 3.05) is 0 Å². The largest absolute Gasteiger partial charge is 0.325 e.